The third kappa shape index (κ3) is 8.99. The van der Waals surface area contributed by atoms with Crippen LogP contribution in [-0.2, 0) is 28.4 Å². The maximum absolute atomic E-state index is 5.91. The Labute approximate surface area is 147 Å². The molecule has 0 fully saturated rings. The van der Waals surface area contributed by atoms with Gasteiger partial charge < -0.3 is 28.4 Å². The van der Waals surface area contributed by atoms with Crippen LogP contribution >= 0.6 is 0 Å². The van der Waals surface area contributed by atoms with E-state index in [0.29, 0.717) is 39.6 Å². The summed E-state index contributed by atoms with van der Waals surface area (Å²) in [7, 11) is 0. The van der Waals surface area contributed by atoms with E-state index in [-0.39, 0.29) is 12.0 Å². The number of hydrogen-bond donors (Lipinski definition) is 0. The highest BCUT2D eigenvalue weighted by Gasteiger charge is 2.38. The van der Waals surface area contributed by atoms with E-state index >= 15 is 0 Å². The van der Waals surface area contributed by atoms with Crippen LogP contribution < -0.4 is 0 Å². The SMILES string of the molecule is CCO/C=C/C(OCC)C(C(OCC)OCC)C(OCC)OCC. The quantitative estimate of drug-likeness (QED) is 0.315. The van der Waals surface area contributed by atoms with Gasteiger partial charge in [0, 0.05) is 33.0 Å². The van der Waals surface area contributed by atoms with E-state index in [2.05, 4.69) is 0 Å². The molecule has 0 spiro atoms. The molecule has 144 valence electrons. The van der Waals surface area contributed by atoms with Crippen LogP contribution in [0.25, 0.3) is 0 Å². The molecule has 0 N–H and O–H groups in total. The van der Waals surface area contributed by atoms with E-state index in [1.54, 1.807) is 6.26 Å². The molecule has 0 aliphatic carbocycles. The zero-order chi connectivity index (χ0) is 18.2. The highest BCUT2D eigenvalue weighted by Crippen LogP contribution is 2.26. The largest absolute Gasteiger partial charge is 0.502 e. The van der Waals surface area contributed by atoms with Crippen LogP contribution in [0, 0.1) is 5.92 Å². The summed E-state index contributed by atoms with van der Waals surface area (Å²) in [4.78, 5) is 0. The van der Waals surface area contributed by atoms with Crippen LogP contribution in [0.5, 0.6) is 0 Å². The maximum atomic E-state index is 5.91. The monoisotopic (exact) mass is 348 g/mol. The van der Waals surface area contributed by atoms with Crippen LogP contribution in [0.2, 0.25) is 0 Å². The van der Waals surface area contributed by atoms with Gasteiger partial charge in [0.15, 0.2) is 12.6 Å². The Morgan fingerprint density at radius 3 is 1.33 bits per heavy atom. The molecule has 0 aliphatic heterocycles. The predicted octanol–water partition coefficient (Wildman–Crippen LogP) is 3.36. The number of rotatable bonds is 16. The van der Waals surface area contributed by atoms with Crippen LogP contribution in [0.1, 0.15) is 41.5 Å². The van der Waals surface area contributed by atoms with Crippen molar-refractivity contribution in [3.8, 4) is 0 Å². The molecule has 0 radical (unpaired) electrons. The Hall–Kier alpha value is -0.660. The standard InChI is InChI=1S/C18H36O6/c1-7-19-14-13-15(20-8-2)16(17(21-9-3)22-10-4)18(23-11-5)24-12-6/h13-18H,7-12H2,1-6H3/b14-13+. The minimum Gasteiger partial charge on any atom is -0.502 e. The average molecular weight is 348 g/mol. The molecule has 0 amide bonds. The Balaban J connectivity index is 5.53. The van der Waals surface area contributed by atoms with E-state index in [9.17, 15) is 0 Å². The van der Waals surface area contributed by atoms with Crippen molar-refractivity contribution in [1.82, 2.24) is 0 Å². The lowest BCUT2D eigenvalue weighted by molar-refractivity contribution is -0.265. The van der Waals surface area contributed by atoms with Crippen molar-refractivity contribution >= 4 is 0 Å². The van der Waals surface area contributed by atoms with Crippen molar-refractivity contribution < 1.29 is 28.4 Å². The summed E-state index contributed by atoms with van der Waals surface area (Å²) in [5.74, 6) is -0.276. The van der Waals surface area contributed by atoms with Crippen LogP contribution in [0.3, 0.4) is 0 Å². The molecular formula is C18H36O6. The normalized spacial score (nSPS) is 13.5. The van der Waals surface area contributed by atoms with Gasteiger partial charge in [-0.25, -0.2) is 0 Å². The summed E-state index contributed by atoms with van der Waals surface area (Å²) in [5, 5.41) is 0. The van der Waals surface area contributed by atoms with Crippen LogP contribution in [-0.4, -0.2) is 58.3 Å². The molecule has 0 aromatic carbocycles. The van der Waals surface area contributed by atoms with E-state index in [1.165, 1.54) is 0 Å². The van der Waals surface area contributed by atoms with Crippen molar-refractivity contribution in [2.45, 2.75) is 60.2 Å². The number of hydrogen-bond acceptors (Lipinski definition) is 6. The van der Waals surface area contributed by atoms with Crippen molar-refractivity contribution in [3.63, 3.8) is 0 Å². The highest BCUT2D eigenvalue weighted by molar-refractivity contribution is 4.92. The highest BCUT2D eigenvalue weighted by atomic mass is 16.7. The molecule has 0 aromatic rings. The average Bonchev–Trinajstić information content (AvgIpc) is 2.56. The van der Waals surface area contributed by atoms with E-state index < -0.39 is 12.6 Å². The molecule has 0 saturated carbocycles. The second kappa shape index (κ2) is 15.8. The Kier molecular flexibility index (Phi) is 15.4. The summed E-state index contributed by atoms with van der Waals surface area (Å²) in [5.41, 5.74) is 0. The first kappa shape index (κ1) is 23.3. The first-order valence-corrected chi connectivity index (χ1v) is 9.06. The van der Waals surface area contributed by atoms with E-state index in [1.807, 2.05) is 47.6 Å². The van der Waals surface area contributed by atoms with E-state index in [4.69, 9.17) is 28.4 Å². The summed E-state index contributed by atoms with van der Waals surface area (Å²) < 4.78 is 34.5. The summed E-state index contributed by atoms with van der Waals surface area (Å²) in [6, 6.07) is 0. The van der Waals surface area contributed by atoms with Crippen molar-refractivity contribution in [3.05, 3.63) is 12.3 Å². The fraction of sp³-hybridized carbons (Fsp3) is 0.889. The van der Waals surface area contributed by atoms with Crippen molar-refractivity contribution in [2.24, 2.45) is 5.92 Å². The predicted molar refractivity (Wildman–Crippen MR) is 93.8 cm³/mol. The summed E-state index contributed by atoms with van der Waals surface area (Å²) in [6.07, 6.45) is 2.22. The molecule has 6 heteroatoms. The van der Waals surface area contributed by atoms with Gasteiger partial charge in [0.2, 0.25) is 0 Å². The van der Waals surface area contributed by atoms with Crippen molar-refractivity contribution in [1.29, 1.82) is 0 Å². The number of ether oxygens (including phenoxy) is 6. The Bertz CT molecular complexity index is 269. The molecule has 0 aromatic heterocycles. The third-order valence-corrected chi connectivity index (χ3v) is 3.22. The van der Waals surface area contributed by atoms with Crippen LogP contribution in [0.15, 0.2) is 12.3 Å². The molecule has 0 saturated heterocycles. The lowest BCUT2D eigenvalue weighted by Crippen LogP contribution is -2.46. The molecule has 0 heterocycles. The molecule has 0 bridgehead atoms. The fourth-order valence-electron chi connectivity index (χ4n) is 2.35. The zero-order valence-electron chi connectivity index (χ0n) is 16.2. The van der Waals surface area contributed by atoms with Gasteiger partial charge in [-0.15, -0.1) is 0 Å². The van der Waals surface area contributed by atoms with Gasteiger partial charge in [-0.1, -0.05) is 0 Å². The molecular weight excluding hydrogens is 312 g/mol. The topological polar surface area (TPSA) is 55.4 Å². The maximum Gasteiger partial charge on any atom is 0.168 e. The second-order valence-electron chi connectivity index (χ2n) is 4.84. The zero-order valence-corrected chi connectivity index (χ0v) is 16.2. The minimum atomic E-state index is -0.495. The van der Waals surface area contributed by atoms with Gasteiger partial charge in [-0.2, -0.15) is 0 Å². The third-order valence-electron chi connectivity index (χ3n) is 3.22. The molecule has 1 unspecified atom stereocenters. The molecule has 0 aliphatic rings. The lowest BCUT2D eigenvalue weighted by atomic mass is 10.00. The minimum absolute atomic E-state index is 0.276. The molecule has 6 nitrogen and oxygen atoms in total. The van der Waals surface area contributed by atoms with E-state index in [0.717, 1.165) is 0 Å². The van der Waals surface area contributed by atoms with Gasteiger partial charge >= 0.3 is 0 Å². The molecule has 1 atom stereocenters. The Morgan fingerprint density at radius 2 is 1.00 bits per heavy atom. The summed E-state index contributed by atoms with van der Waals surface area (Å²) >= 11 is 0. The molecule has 24 heavy (non-hydrogen) atoms. The molecule has 0 rings (SSSR count). The Morgan fingerprint density at radius 1 is 0.583 bits per heavy atom. The smallest absolute Gasteiger partial charge is 0.168 e. The first-order chi connectivity index (χ1) is 11.7. The van der Waals surface area contributed by atoms with Crippen LogP contribution in [0.4, 0.5) is 0 Å². The lowest BCUT2D eigenvalue weighted by Gasteiger charge is -2.36. The van der Waals surface area contributed by atoms with Gasteiger partial charge in [-0.3, -0.25) is 0 Å². The van der Waals surface area contributed by atoms with Gasteiger partial charge in [0.1, 0.15) is 0 Å². The fourth-order valence-corrected chi connectivity index (χ4v) is 2.35. The second-order valence-corrected chi connectivity index (χ2v) is 4.84. The van der Waals surface area contributed by atoms with Crippen molar-refractivity contribution in [2.75, 3.05) is 39.6 Å². The summed E-state index contributed by atoms with van der Waals surface area (Å²) in [6.45, 7) is 14.9. The first-order valence-electron chi connectivity index (χ1n) is 9.06. The van der Waals surface area contributed by atoms with Gasteiger partial charge in [0.05, 0.1) is 24.9 Å². The van der Waals surface area contributed by atoms with Gasteiger partial charge in [-0.05, 0) is 47.6 Å². The van der Waals surface area contributed by atoms with Gasteiger partial charge in [0.25, 0.3) is 0 Å².